The SMILES string of the molecule is COC(=O)C(C)C(N)CC(=O)O. The van der Waals surface area contributed by atoms with Gasteiger partial charge in [-0.2, -0.15) is 0 Å². The molecule has 0 aromatic rings. The fourth-order valence-electron chi connectivity index (χ4n) is 0.739. The van der Waals surface area contributed by atoms with E-state index in [-0.39, 0.29) is 6.42 Å². The van der Waals surface area contributed by atoms with Crippen molar-refractivity contribution >= 4 is 11.9 Å². The first-order valence-electron chi connectivity index (χ1n) is 3.54. The Hall–Kier alpha value is -1.10. The molecule has 0 aliphatic rings. The molecular formula is C7H13NO4. The van der Waals surface area contributed by atoms with Crippen LogP contribution in [0.5, 0.6) is 0 Å². The van der Waals surface area contributed by atoms with Crippen molar-refractivity contribution in [1.82, 2.24) is 0 Å². The number of carbonyl (C=O) groups excluding carboxylic acids is 1. The highest BCUT2D eigenvalue weighted by Gasteiger charge is 2.23. The number of carboxylic acids is 1. The summed E-state index contributed by atoms with van der Waals surface area (Å²) in [6, 6.07) is -0.685. The lowest BCUT2D eigenvalue weighted by Gasteiger charge is -2.14. The fraction of sp³-hybridized carbons (Fsp3) is 0.714. The van der Waals surface area contributed by atoms with Crippen molar-refractivity contribution in [2.75, 3.05) is 7.11 Å². The summed E-state index contributed by atoms with van der Waals surface area (Å²) in [4.78, 5) is 21.0. The van der Waals surface area contributed by atoms with Crippen LogP contribution in [0.1, 0.15) is 13.3 Å². The maximum absolute atomic E-state index is 10.8. The van der Waals surface area contributed by atoms with E-state index < -0.39 is 23.9 Å². The predicted molar refractivity (Wildman–Crippen MR) is 41.4 cm³/mol. The van der Waals surface area contributed by atoms with E-state index in [2.05, 4.69) is 4.74 Å². The molecule has 0 saturated heterocycles. The van der Waals surface area contributed by atoms with Gasteiger partial charge in [-0.3, -0.25) is 9.59 Å². The number of hydrogen-bond donors (Lipinski definition) is 2. The Bertz CT molecular complexity index is 180. The normalized spacial score (nSPS) is 14.9. The first-order chi connectivity index (χ1) is 5.49. The third kappa shape index (κ3) is 3.34. The molecule has 0 aliphatic carbocycles. The second-order valence-corrected chi connectivity index (χ2v) is 2.57. The van der Waals surface area contributed by atoms with Gasteiger partial charge in [-0.1, -0.05) is 6.92 Å². The second-order valence-electron chi connectivity index (χ2n) is 2.57. The fourth-order valence-corrected chi connectivity index (χ4v) is 0.739. The van der Waals surface area contributed by atoms with Crippen molar-refractivity contribution in [1.29, 1.82) is 0 Å². The molecule has 0 heterocycles. The minimum atomic E-state index is -1.02. The summed E-state index contributed by atoms with van der Waals surface area (Å²) < 4.78 is 4.40. The van der Waals surface area contributed by atoms with Crippen molar-refractivity contribution in [3.63, 3.8) is 0 Å². The smallest absolute Gasteiger partial charge is 0.309 e. The van der Waals surface area contributed by atoms with Gasteiger partial charge in [-0.15, -0.1) is 0 Å². The average molecular weight is 175 g/mol. The number of aliphatic carboxylic acids is 1. The Balaban J connectivity index is 4.00. The minimum absolute atomic E-state index is 0.226. The van der Waals surface area contributed by atoms with E-state index >= 15 is 0 Å². The number of hydrogen-bond acceptors (Lipinski definition) is 4. The highest BCUT2D eigenvalue weighted by molar-refractivity contribution is 5.74. The maximum Gasteiger partial charge on any atom is 0.309 e. The molecule has 0 bridgehead atoms. The Morgan fingerprint density at radius 1 is 1.58 bits per heavy atom. The van der Waals surface area contributed by atoms with Crippen LogP contribution in [-0.2, 0) is 14.3 Å². The summed E-state index contributed by atoms with van der Waals surface area (Å²) in [5.74, 6) is -2.08. The van der Waals surface area contributed by atoms with E-state index in [9.17, 15) is 9.59 Å². The van der Waals surface area contributed by atoms with Crippen molar-refractivity contribution in [2.24, 2.45) is 11.7 Å². The molecule has 5 heteroatoms. The minimum Gasteiger partial charge on any atom is -0.481 e. The third-order valence-corrected chi connectivity index (χ3v) is 1.63. The summed E-state index contributed by atoms with van der Waals surface area (Å²) in [6.07, 6.45) is -0.226. The van der Waals surface area contributed by atoms with Crippen LogP contribution in [-0.4, -0.2) is 30.2 Å². The molecule has 70 valence electrons. The molecule has 2 atom stereocenters. The van der Waals surface area contributed by atoms with Gasteiger partial charge in [0.2, 0.25) is 0 Å². The molecule has 12 heavy (non-hydrogen) atoms. The molecule has 0 rings (SSSR count). The molecule has 5 nitrogen and oxygen atoms in total. The van der Waals surface area contributed by atoms with Crippen LogP contribution in [0.3, 0.4) is 0 Å². The quantitative estimate of drug-likeness (QED) is 0.567. The summed E-state index contributed by atoms with van der Waals surface area (Å²) in [5.41, 5.74) is 5.41. The number of nitrogens with two attached hydrogens (primary N) is 1. The van der Waals surface area contributed by atoms with E-state index in [1.807, 2.05) is 0 Å². The van der Waals surface area contributed by atoms with Crippen molar-refractivity contribution in [3.05, 3.63) is 0 Å². The van der Waals surface area contributed by atoms with Crippen molar-refractivity contribution in [2.45, 2.75) is 19.4 Å². The van der Waals surface area contributed by atoms with Crippen molar-refractivity contribution in [3.8, 4) is 0 Å². The highest BCUT2D eigenvalue weighted by Crippen LogP contribution is 2.05. The van der Waals surface area contributed by atoms with Crippen LogP contribution < -0.4 is 5.73 Å². The lowest BCUT2D eigenvalue weighted by atomic mass is 10.0. The van der Waals surface area contributed by atoms with Gasteiger partial charge >= 0.3 is 11.9 Å². The number of rotatable bonds is 4. The van der Waals surface area contributed by atoms with Gasteiger partial charge in [-0.25, -0.2) is 0 Å². The molecule has 0 aliphatic heterocycles. The standard InChI is InChI=1S/C7H13NO4/c1-4(7(11)12-2)5(8)3-6(9)10/h4-5H,3,8H2,1-2H3,(H,9,10). The van der Waals surface area contributed by atoms with Crippen LogP contribution in [0.25, 0.3) is 0 Å². The van der Waals surface area contributed by atoms with E-state index in [4.69, 9.17) is 10.8 Å². The van der Waals surface area contributed by atoms with E-state index in [0.717, 1.165) is 0 Å². The number of carbonyl (C=O) groups is 2. The topological polar surface area (TPSA) is 89.6 Å². The molecular weight excluding hydrogens is 162 g/mol. The van der Waals surface area contributed by atoms with Crippen LogP contribution in [0.15, 0.2) is 0 Å². The lowest BCUT2D eigenvalue weighted by molar-refractivity contribution is -0.146. The van der Waals surface area contributed by atoms with Gasteiger partial charge in [-0.05, 0) is 0 Å². The second kappa shape index (κ2) is 4.71. The Morgan fingerprint density at radius 2 is 2.08 bits per heavy atom. The maximum atomic E-state index is 10.8. The first kappa shape index (κ1) is 10.9. The van der Waals surface area contributed by atoms with Gasteiger partial charge in [0.15, 0.2) is 0 Å². The Morgan fingerprint density at radius 3 is 2.42 bits per heavy atom. The summed E-state index contributed by atoms with van der Waals surface area (Å²) >= 11 is 0. The Labute approximate surface area is 70.5 Å². The van der Waals surface area contributed by atoms with E-state index in [1.165, 1.54) is 7.11 Å². The molecule has 0 aromatic carbocycles. The number of methoxy groups -OCH3 is 1. The number of carboxylic acid groups (broad SMARTS) is 1. The van der Waals surface area contributed by atoms with Crippen LogP contribution in [0, 0.1) is 5.92 Å². The number of esters is 1. The molecule has 0 radical (unpaired) electrons. The van der Waals surface area contributed by atoms with Gasteiger partial charge in [0.25, 0.3) is 0 Å². The molecule has 0 spiro atoms. The summed E-state index contributed by atoms with van der Waals surface area (Å²) in [5, 5.41) is 8.36. The van der Waals surface area contributed by atoms with Crippen molar-refractivity contribution < 1.29 is 19.4 Å². The molecule has 0 fully saturated rings. The Kier molecular flexibility index (Phi) is 4.28. The number of ether oxygens (including phenoxy) is 1. The monoisotopic (exact) mass is 175 g/mol. The first-order valence-corrected chi connectivity index (χ1v) is 3.54. The highest BCUT2D eigenvalue weighted by atomic mass is 16.5. The molecule has 0 aromatic heterocycles. The average Bonchev–Trinajstić information content (AvgIpc) is 2.00. The van der Waals surface area contributed by atoms with E-state index in [0.29, 0.717) is 0 Å². The zero-order valence-electron chi connectivity index (χ0n) is 7.11. The van der Waals surface area contributed by atoms with Crippen LogP contribution in [0.4, 0.5) is 0 Å². The summed E-state index contributed by atoms with van der Waals surface area (Å²) in [6.45, 7) is 1.54. The zero-order valence-corrected chi connectivity index (χ0v) is 7.11. The summed E-state index contributed by atoms with van der Waals surface area (Å²) in [7, 11) is 1.24. The lowest BCUT2D eigenvalue weighted by Crippen LogP contribution is -2.36. The van der Waals surface area contributed by atoms with E-state index in [1.54, 1.807) is 6.92 Å². The van der Waals surface area contributed by atoms with Crippen LogP contribution in [0.2, 0.25) is 0 Å². The largest absolute Gasteiger partial charge is 0.481 e. The molecule has 2 unspecified atom stereocenters. The molecule has 0 saturated carbocycles. The van der Waals surface area contributed by atoms with Gasteiger partial charge in [0.05, 0.1) is 19.4 Å². The van der Waals surface area contributed by atoms with Crippen LogP contribution >= 0.6 is 0 Å². The molecule has 3 N–H and O–H groups in total. The predicted octanol–water partition coefficient (Wildman–Crippen LogP) is -0.402. The van der Waals surface area contributed by atoms with Gasteiger partial charge in [0, 0.05) is 6.04 Å². The van der Waals surface area contributed by atoms with Gasteiger partial charge in [0.1, 0.15) is 0 Å². The zero-order chi connectivity index (χ0) is 9.72. The molecule has 0 amide bonds. The third-order valence-electron chi connectivity index (χ3n) is 1.63. The van der Waals surface area contributed by atoms with Gasteiger partial charge < -0.3 is 15.6 Å².